The van der Waals surface area contributed by atoms with E-state index < -0.39 is 27.6 Å². The van der Waals surface area contributed by atoms with Gasteiger partial charge in [0.1, 0.15) is 26.4 Å². The number of hydrogen-bond acceptors (Lipinski definition) is 4. The van der Waals surface area contributed by atoms with Crippen LogP contribution in [0.4, 0.5) is 18.9 Å². The third-order valence-electron chi connectivity index (χ3n) is 5.84. The highest BCUT2D eigenvalue weighted by Gasteiger charge is 2.40. The molecular weight excluding hydrogens is 541 g/mol. The largest absolute Gasteiger partial charge is 0.457 e. The van der Waals surface area contributed by atoms with E-state index in [-0.39, 0.29) is 24.8 Å². The molecule has 1 atom stereocenters. The second-order valence-electron chi connectivity index (χ2n) is 8.63. The number of nitrogens with zero attached hydrogens (tertiary/aromatic N) is 4. The van der Waals surface area contributed by atoms with Gasteiger partial charge in [-0.1, -0.05) is 23.7 Å². The standard InChI is InChI=1S/C26H22ClF3N4O3S/c1-31-32-25-33(14-15-38(2,35)36)17-24(18-4-3-5-19(16-18)26(28,29)30)34(25)21-8-12-23(13-9-21)37-22-10-6-20(27)7-11-22/h3-13,16,24H,14-15,17H2,2H3. The number of rotatable bonds is 7. The van der Waals surface area contributed by atoms with Gasteiger partial charge in [0.25, 0.3) is 5.96 Å². The fourth-order valence-electron chi connectivity index (χ4n) is 4.07. The molecule has 7 nitrogen and oxygen atoms in total. The number of sulfone groups is 1. The molecule has 1 aliphatic heterocycles. The Kier molecular flexibility index (Phi) is 7.85. The molecule has 0 N–H and O–H groups in total. The molecule has 1 heterocycles. The van der Waals surface area contributed by atoms with E-state index in [0.717, 1.165) is 18.4 Å². The van der Waals surface area contributed by atoms with E-state index in [9.17, 15) is 21.6 Å². The minimum absolute atomic E-state index is 0.0247. The lowest BCUT2D eigenvalue weighted by Crippen LogP contribution is -2.36. The lowest BCUT2D eigenvalue weighted by atomic mass is 10.0. The first-order valence-electron chi connectivity index (χ1n) is 11.3. The molecule has 0 aliphatic carbocycles. The maximum absolute atomic E-state index is 13.5. The van der Waals surface area contributed by atoms with Crippen molar-refractivity contribution in [2.45, 2.75) is 12.2 Å². The van der Waals surface area contributed by atoms with Crippen molar-refractivity contribution in [3.63, 3.8) is 0 Å². The molecule has 12 heteroatoms. The summed E-state index contributed by atoms with van der Waals surface area (Å²) in [6, 6.07) is 17.8. The highest BCUT2D eigenvalue weighted by molar-refractivity contribution is 7.90. The van der Waals surface area contributed by atoms with Crippen molar-refractivity contribution in [3.05, 3.63) is 100 Å². The Bertz CT molecular complexity index is 1470. The molecule has 0 spiro atoms. The van der Waals surface area contributed by atoms with E-state index >= 15 is 0 Å². The van der Waals surface area contributed by atoms with Crippen LogP contribution in [0.25, 0.3) is 4.95 Å². The van der Waals surface area contributed by atoms with Crippen molar-refractivity contribution in [2.24, 2.45) is 5.10 Å². The van der Waals surface area contributed by atoms with Gasteiger partial charge in [0, 0.05) is 30.1 Å². The quantitative estimate of drug-likeness (QED) is 0.252. The van der Waals surface area contributed by atoms with Crippen LogP contribution in [0.3, 0.4) is 0 Å². The number of alkyl halides is 3. The van der Waals surface area contributed by atoms with Gasteiger partial charge in [0.15, 0.2) is 0 Å². The molecule has 0 saturated carbocycles. The van der Waals surface area contributed by atoms with E-state index in [0.29, 0.717) is 27.8 Å². The Morgan fingerprint density at radius 3 is 2.29 bits per heavy atom. The van der Waals surface area contributed by atoms with Gasteiger partial charge in [-0.25, -0.2) is 8.42 Å². The van der Waals surface area contributed by atoms with Crippen LogP contribution in [-0.4, -0.2) is 44.4 Å². The van der Waals surface area contributed by atoms with Gasteiger partial charge in [-0.3, -0.25) is 4.90 Å². The van der Waals surface area contributed by atoms with Crippen LogP contribution in [0.15, 0.2) is 77.9 Å². The summed E-state index contributed by atoms with van der Waals surface area (Å²) >= 11 is 5.91. The topological polar surface area (TPSA) is 66.6 Å². The zero-order valence-electron chi connectivity index (χ0n) is 20.1. The average Bonchev–Trinajstić information content (AvgIpc) is 3.22. The molecule has 0 aromatic heterocycles. The van der Waals surface area contributed by atoms with Crippen molar-refractivity contribution in [1.82, 2.24) is 4.90 Å². The molecule has 1 unspecified atom stereocenters. The molecule has 3 aromatic carbocycles. The molecular formula is C26H22ClF3N4O3S. The Hall–Kier alpha value is -3.75. The Morgan fingerprint density at radius 1 is 1.08 bits per heavy atom. The van der Waals surface area contributed by atoms with Crippen molar-refractivity contribution < 1.29 is 26.3 Å². The minimum Gasteiger partial charge on any atom is -0.457 e. The van der Waals surface area contributed by atoms with Gasteiger partial charge in [-0.2, -0.15) is 19.7 Å². The Balaban J connectivity index is 1.72. The number of ether oxygens (including phenoxy) is 1. The molecule has 1 saturated heterocycles. The third kappa shape index (κ3) is 6.57. The monoisotopic (exact) mass is 562 g/mol. The second kappa shape index (κ2) is 10.9. The summed E-state index contributed by atoms with van der Waals surface area (Å²) in [7, 11) is -3.34. The van der Waals surface area contributed by atoms with E-state index in [1.165, 1.54) is 6.07 Å². The van der Waals surface area contributed by atoms with Crippen LogP contribution in [0.2, 0.25) is 5.02 Å². The van der Waals surface area contributed by atoms with Crippen LogP contribution in [0.1, 0.15) is 17.2 Å². The van der Waals surface area contributed by atoms with E-state index in [1.54, 1.807) is 64.4 Å². The first-order chi connectivity index (χ1) is 17.9. The van der Waals surface area contributed by atoms with Gasteiger partial charge >= 0.3 is 6.18 Å². The first kappa shape index (κ1) is 27.3. The Morgan fingerprint density at radius 2 is 1.71 bits per heavy atom. The summed E-state index contributed by atoms with van der Waals surface area (Å²) in [5, 5.41) is 4.47. The molecule has 198 valence electrons. The maximum Gasteiger partial charge on any atom is 0.416 e. The van der Waals surface area contributed by atoms with Crippen LogP contribution < -0.4 is 9.64 Å². The van der Waals surface area contributed by atoms with E-state index in [1.807, 2.05) is 0 Å². The lowest BCUT2D eigenvalue weighted by Gasteiger charge is -2.25. The third-order valence-corrected chi connectivity index (χ3v) is 7.01. The predicted molar refractivity (Wildman–Crippen MR) is 140 cm³/mol. The molecule has 0 amide bonds. The fourth-order valence-corrected chi connectivity index (χ4v) is 4.75. The van der Waals surface area contributed by atoms with Crippen molar-refractivity contribution in [3.8, 4) is 11.5 Å². The number of halogens is 4. The number of guanidine groups is 1. The summed E-state index contributed by atoms with van der Waals surface area (Å²) in [5.74, 6) is 1.01. The van der Waals surface area contributed by atoms with Gasteiger partial charge in [-0.05, 0) is 66.2 Å². The van der Waals surface area contributed by atoms with Gasteiger partial charge in [0.2, 0.25) is 0 Å². The van der Waals surface area contributed by atoms with Crippen molar-refractivity contribution in [1.29, 1.82) is 0 Å². The minimum atomic E-state index is -4.54. The summed E-state index contributed by atoms with van der Waals surface area (Å²) in [4.78, 5) is 6.38. The summed E-state index contributed by atoms with van der Waals surface area (Å²) in [5.41, 5.74) is 0.0842. The average molecular weight is 563 g/mol. The number of anilines is 1. The Labute approximate surface area is 223 Å². The van der Waals surface area contributed by atoms with Gasteiger partial charge < -0.3 is 9.64 Å². The highest BCUT2D eigenvalue weighted by Crippen LogP contribution is 2.38. The molecule has 0 bridgehead atoms. The molecule has 1 fully saturated rings. The van der Waals surface area contributed by atoms with Crippen LogP contribution in [0, 0.1) is 6.57 Å². The molecule has 0 radical (unpaired) electrons. The molecule has 38 heavy (non-hydrogen) atoms. The SMILES string of the molecule is [C-]#[N+]N=C1N(CCS(C)(=O)=O)CC(c2cccc(C(F)(F)F)c2)N1c1ccc(Oc2ccc(Cl)cc2)cc1. The van der Waals surface area contributed by atoms with Crippen LogP contribution in [0.5, 0.6) is 11.5 Å². The number of hydrogen-bond donors (Lipinski definition) is 0. The van der Waals surface area contributed by atoms with Gasteiger partial charge in [0.05, 0.1) is 17.4 Å². The highest BCUT2D eigenvalue weighted by atomic mass is 35.5. The summed E-state index contributed by atoms with van der Waals surface area (Å²) in [6.45, 7) is 7.47. The zero-order valence-corrected chi connectivity index (χ0v) is 21.6. The lowest BCUT2D eigenvalue weighted by molar-refractivity contribution is -0.137. The van der Waals surface area contributed by atoms with Crippen molar-refractivity contribution >= 4 is 33.1 Å². The van der Waals surface area contributed by atoms with Crippen molar-refractivity contribution in [2.75, 3.05) is 30.0 Å². The molecule has 3 aromatic rings. The van der Waals surface area contributed by atoms with Crippen LogP contribution in [-0.2, 0) is 16.0 Å². The second-order valence-corrected chi connectivity index (χ2v) is 11.3. The van der Waals surface area contributed by atoms with Gasteiger partial charge in [-0.15, -0.1) is 4.95 Å². The van der Waals surface area contributed by atoms with E-state index in [2.05, 4.69) is 10.1 Å². The summed E-state index contributed by atoms with van der Waals surface area (Å²) < 4.78 is 69.9. The summed E-state index contributed by atoms with van der Waals surface area (Å²) in [6.07, 6.45) is -3.44. The normalized spacial score (nSPS) is 17.1. The van der Waals surface area contributed by atoms with E-state index in [4.69, 9.17) is 22.9 Å². The zero-order chi connectivity index (χ0) is 27.5. The predicted octanol–water partition coefficient (Wildman–Crippen LogP) is 6.25. The molecule has 1 aliphatic rings. The number of benzene rings is 3. The smallest absolute Gasteiger partial charge is 0.416 e. The van der Waals surface area contributed by atoms with Crippen LogP contribution >= 0.6 is 11.6 Å². The first-order valence-corrected chi connectivity index (χ1v) is 13.8. The maximum atomic E-state index is 13.5. The fraction of sp³-hybridized carbons (Fsp3) is 0.231. The molecule has 4 rings (SSSR count).